The molecule has 24 heavy (non-hydrogen) atoms. The Morgan fingerprint density at radius 2 is 1.46 bits per heavy atom. The summed E-state index contributed by atoms with van der Waals surface area (Å²) in [6, 6.07) is 24.1. The van der Waals surface area contributed by atoms with Crippen molar-refractivity contribution in [1.29, 1.82) is 0 Å². The molecule has 0 radical (unpaired) electrons. The molecule has 5 heteroatoms. The average Bonchev–Trinajstić information content (AvgIpc) is 2.93. The predicted octanol–water partition coefficient (Wildman–Crippen LogP) is 5.26. The van der Waals surface area contributed by atoms with Crippen LogP contribution in [0.25, 0.3) is 0 Å². The highest BCUT2D eigenvalue weighted by molar-refractivity contribution is 8.19. The third-order valence-corrected chi connectivity index (χ3v) is 7.23. The Balaban J connectivity index is 1.56. The van der Waals surface area contributed by atoms with E-state index in [1.54, 1.807) is 0 Å². The number of para-hydroxylation sites is 1. The van der Waals surface area contributed by atoms with Crippen molar-refractivity contribution < 1.29 is 4.74 Å². The van der Waals surface area contributed by atoms with E-state index >= 15 is 0 Å². The summed E-state index contributed by atoms with van der Waals surface area (Å²) in [5, 5.41) is 8.10. The molecule has 0 saturated heterocycles. The topological polar surface area (TPSA) is 33.3 Å². The maximum Gasteiger partial charge on any atom is 0.148 e. The minimum atomic E-state index is -2.05. The molecule has 1 heterocycles. The van der Waals surface area contributed by atoms with Crippen LogP contribution in [0.3, 0.4) is 0 Å². The summed E-state index contributed by atoms with van der Waals surface area (Å²) in [6.45, 7) is 2.08. The molecule has 0 spiro atoms. The lowest BCUT2D eigenvalue weighted by Gasteiger charge is -2.18. The minimum absolute atomic E-state index is 0.805. The third kappa shape index (κ3) is 2.91. The second-order valence-corrected chi connectivity index (χ2v) is 9.62. The van der Waals surface area contributed by atoms with Gasteiger partial charge in [-0.05, 0) is 72.8 Å². The number of rotatable bonds is 3. The molecule has 1 unspecified atom stereocenters. The monoisotopic (exact) mass is 352 g/mol. The van der Waals surface area contributed by atoms with E-state index in [4.69, 9.17) is 16.5 Å². The van der Waals surface area contributed by atoms with E-state index in [0.29, 0.717) is 0 Å². The summed E-state index contributed by atoms with van der Waals surface area (Å²) in [7, 11) is 0. The SMILES string of the molecule is Cc1ccc2c(c1)NP(=S)(c1ccc(Oc3ccccc3)cc1)N2. The first-order chi connectivity index (χ1) is 11.6. The van der Waals surface area contributed by atoms with Crippen LogP contribution in [0.1, 0.15) is 5.56 Å². The highest BCUT2D eigenvalue weighted by Crippen LogP contribution is 2.53. The van der Waals surface area contributed by atoms with Gasteiger partial charge in [-0.3, -0.25) is 0 Å². The largest absolute Gasteiger partial charge is 0.457 e. The molecule has 3 aromatic carbocycles. The van der Waals surface area contributed by atoms with Gasteiger partial charge in [-0.1, -0.05) is 24.3 Å². The zero-order valence-corrected chi connectivity index (χ0v) is 14.9. The van der Waals surface area contributed by atoms with E-state index in [1.807, 2.05) is 54.6 Å². The Hall–Kier alpha value is -2.29. The van der Waals surface area contributed by atoms with Crippen molar-refractivity contribution in [1.82, 2.24) is 0 Å². The Morgan fingerprint density at radius 3 is 2.21 bits per heavy atom. The van der Waals surface area contributed by atoms with Gasteiger partial charge < -0.3 is 14.9 Å². The van der Waals surface area contributed by atoms with E-state index in [2.05, 4.69) is 35.3 Å². The van der Waals surface area contributed by atoms with Crippen molar-refractivity contribution >= 4 is 34.8 Å². The molecule has 3 nitrogen and oxygen atoms in total. The van der Waals surface area contributed by atoms with Gasteiger partial charge >= 0.3 is 0 Å². The van der Waals surface area contributed by atoms with E-state index in [9.17, 15) is 0 Å². The molecule has 0 amide bonds. The molecule has 0 aliphatic carbocycles. The van der Waals surface area contributed by atoms with Crippen LogP contribution in [-0.2, 0) is 11.8 Å². The van der Waals surface area contributed by atoms with E-state index in [-0.39, 0.29) is 0 Å². The summed E-state index contributed by atoms with van der Waals surface area (Å²) in [6.07, 6.45) is -2.05. The normalized spacial score (nSPS) is 18.4. The number of fused-ring (bicyclic) bond motifs is 1. The summed E-state index contributed by atoms with van der Waals surface area (Å²) in [5.74, 6) is 1.63. The van der Waals surface area contributed by atoms with Crippen LogP contribution in [0.2, 0.25) is 0 Å². The zero-order valence-electron chi connectivity index (χ0n) is 13.2. The van der Waals surface area contributed by atoms with Gasteiger partial charge in [0, 0.05) is 5.30 Å². The first kappa shape index (κ1) is 15.3. The predicted molar refractivity (Wildman–Crippen MR) is 105 cm³/mol. The van der Waals surface area contributed by atoms with E-state index < -0.39 is 6.34 Å². The van der Waals surface area contributed by atoms with Gasteiger partial charge in [0.25, 0.3) is 0 Å². The Labute approximate surface area is 146 Å². The lowest BCUT2D eigenvalue weighted by atomic mass is 10.2. The molecule has 120 valence electrons. The van der Waals surface area contributed by atoms with Gasteiger partial charge in [-0.2, -0.15) is 0 Å². The second-order valence-electron chi connectivity index (χ2n) is 5.79. The van der Waals surface area contributed by atoms with Gasteiger partial charge in [0.1, 0.15) is 17.8 Å². The Morgan fingerprint density at radius 1 is 0.792 bits per heavy atom. The van der Waals surface area contributed by atoms with Crippen molar-refractivity contribution in [2.45, 2.75) is 6.92 Å². The van der Waals surface area contributed by atoms with Gasteiger partial charge in [0.15, 0.2) is 0 Å². The van der Waals surface area contributed by atoms with Gasteiger partial charge in [-0.15, -0.1) is 0 Å². The van der Waals surface area contributed by atoms with Crippen molar-refractivity contribution in [3.63, 3.8) is 0 Å². The van der Waals surface area contributed by atoms with Crippen LogP contribution < -0.4 is 20.2 Å². The number of ether oxygens (including phenoxy) is 1. The molecule has 0 bridgehead atoms. The fraction of sp³-hybridized carbons (Fsp3) is 0.0526. The number of benzene rings is 3. The summed E-state index contributed by atoms with van der Waals surface area (Å²) in [5.41, 5.74) is 3.38. The fourth-order valence-corrected chi connectivity index (χ4v) is 5.59. The highest BCUT2D eigenvalue weighted by atomic mass is 32.4. The fourth-order valence-electron chi connectivity index (χ4n) is 2.69. The molecular weight excluding hydrogens is 335 g/mol. The Kier molecular flexibility index (Phi) is 3.79. The lowest BCUT2D eigenvalue weighted by molar-refractivity contribution is 0.483. The highest BCUT2D eigenvalue weighted by Gasteiger charge is 2.27. The maximum absolute atomic E-state index is 5.90. The van der Waals surface area contributed by atoms with Crippen LogP contribution in [0.4, 0.5) is 11.4 Å². The molecule has 0 fully saturated rings. The molecule has 0 aromatic heterocycles. The van der Waals surface area contributed by atoms with Crippen LogP contribution in [0.5, 0.6) is 11.5 Å². The zero-order chi connectivity index (χ0) is 16.6. The van der Waals surface area contributed by atoms with Crippen molar-refractivity contribution in [3.8, 4) is 11.5 Å². The standard InChI is InChI=1S/C19H17N2OPS/c1-14-7-12-18-19(13-14)21-23(24,20-18)17-10-8-16(9-11-17)22-15-5-3-2-4-6-15/h2-13H,1H3,(H2,20,21,24). The van der Waals surface area contributed by atoms with Gasteiger partial charge in [0.05, 0.1) is 11.4 Å². The molecule has 3 aromatic rings. The molecule has 0 saturated carbocycles. The van der Waals surface area contributed by atoms with Crippen molar-refractivity contribution in [2.75, 3.05) is 10.2 Å². The molecule has 1 aliphatic heterocycles. The molecule has 1 aliphatic rings. The number of aryl methyl sites for hydroxylation is 1. The molecule has 4 rings (SSSR count). The first-order valence-electron chi connectivity index (χ1n) is 7.73. The summed E-state index contributed by atoms with van der Waals surface area (Å²) >= 11 is 5.90. The maximum atomic E-state index is 5.90. The van der Waals surface area contributed by atoms with Crippen LogP contribution in [0.15, 0.2) is 72.8 Å². The number of anilines is 2. The second kappa shape index (κ2) is 5.97. The van der Waals surface area contributed by atoms with Crippen molar-refractivity contribution in [3.05, 3.63) is 78.4 Å². The summed E-state index contributed by atoms with van der Waals surface area (Å²) in [4.78, 5) is 0. The van der Waals surface area contributed by atoms with Gasteiger partial charge in [-0.25, -0.2) is 0 Å². The quantitative estimate of drug-likeness (QED) is 0.630. The smallest absolute Gasteiger partial charge is 0.148 e. The molecule has 2 N–H and O–H groups in total. The van der Waals surface area contributed by atoms with E-state index in [0.717, 1.165) is 28.2 Å². The lowest BCUT2D eigenvalue weighted by Crippen LogP contribution is -2.12. The molecule has 1 atom stereocenters. The van der Waals surface area contributed by atoms with Crippen LogP contribution in [0, 0.1) is 6.92 Å². The van der Waals surface area contributed by atoms with Crippen LogP contribution >= 0.6 is 6.34 Å². The molecular formula is C19H17N2OPS. The number of nitrogens with one attached hydrogen (secondary N) is 2. The number of hydrogen-bond donors (Lipinski definition) is 2. The summed E-state index contributed by atoms with van der Waals surface area (Å²) < 4.78 is 5.84. The van der Waals surface area contributed by atoms with Crippen molar-refractivity contribution in [2.24, 2.45) is 0 Å². The first-order valence-corrected chi connectivity index (χ1v) is 10.5. The average molecular weight is 352 g/mol. The van der Waals surface area contributed by atoms with Gasteiger partial charge in [0.2, 0.25) is 0 Å². The number of hydrogen-bond acceptors (Lipinski definition) is 2. The minimum Gasteiger partial charge on any atom is -0.457 e. The van der Waals surface area contributed by atoms with Crippen LogP contribution in [-0.4, -0.2) is 0 Å². The van der Waals surface area contributed by atoms with E-state index in [1.165, 1.54) is 5.56 Å². The Bertz CT molecular complexity index is 926. The third-order valence-electron chi connectivity index (χ3n) is 3.91.